The number of imidazole rings is 1. The number of non-ortho nitro benzene ring substituents is 1. The van der Waals surface area contributed by atoms with Crippen LogP contribution in [0, 0.1) is 10.1 Å². The number of nitro benzene ring substituents is 1. The Hall–Kier alpha value is -10.9. The first-order valence-corrected chi connectivity index (χ1v) is 36.8. The van der Waals surface area contributed by atoms with E-state index in [9.17, 15) is 58.4 Å². The lowest BCUT2D eigenvalue weighted by atomic mass is 10.0. The zero-order valence-electron chi connectivity index (χ0n) is 54.8. The zero-order valence-corrected chi connectivity index (χ0v) is 58.1. The van der Waals surface area contributed by atoms with Gasteiger partial charge in [-0.1, -0.05) is 102 Å². The van der Waals surface area contributed by atoms with E-state index in [0.717, 1.165) is 124 Å². The number of amides is 1. The lowest BCUT2D eigenvalue weighted by molar-refractivity contribution is -0.384. The normalized spacial score (nSPS) is 13.7. The second-order valence-corrected chi connectivity index (χ2v) is 30.0. The van der Waals surface area contributed by atoms with Crippen molar-refractivity contribution in [1.82, 2.24) is 34.7 Å². The Morgan fingerprint density at radius 2 is 1.38 bits per heavy atom. The highest BCUT2D eigenvalue weighted by Gasteiger charge is 2.29. The number of phenols is 1. The summed E-state index contributed by atoms with van der Waals surface area (Å²) in [4.78, 5) is 100. The van der Waals surface area contributed by atoms with Gasteiger partial charge >= 0.3 is 11.9 Å². The van der Waals surface area contributed by atoms with Gasteiger partial charge in [-0.15, -0.1) is 0 Å². The third-order valence-corrected chi connectivity index (χ3v) is 22.3. The number of nitrogens with one attached hydrogen (secondary N) is 4. The van der Waals surface area contributed by atoms with Gasteiger partial charge in [-0.25, -0.2) is 24.5 Å². The number of carboxylic acid groups (broad SMARTS) is 2. The number of aromatic carboxylic acids is 2. The van der Waals surface area contributed by atoms with Crippen molar-refractivity contribution in [3.63, 3.8) is 0 Å². The molecule has 1 amide bonds. The fourth-order valence-electron chi connectivity index (χ4n) is 11.5. The number of hydrogen-bond acceptors (Lipinski definition) is 17. The maximum absolute atomic E-state index is 12.7. The Balaban J connectivity index is 0.000000140. The predicted octanol–water partition coefficient (Wildman–Crippen LogP) is 13.2. The predicted molar refractivity (Wildman–Crippen MR) is 397 cm³/mol. The number of aromatic hydroxyl groups is 1. The molecule has 2 atom stereocenters. The van der Waals surface area contributed by atoms with Crippen LogP contribution in [-0.4, -0.2) is 135 Å². The summed E-state index contributed by atoms with van der Waals surface area (Å²) in [5.41, 5.74) is 10.1. The van der Waals surface area contributed by atoms with E-state index in [1.165, 1.54) is 35.8 Å². The summed E-state index contributed by atoms with van der Waals surface area (Å²) >= 11 is 7.54. The van der Waals surface area contributed by atoms with Crippen LogP contribution in [0.15, 0.2) is 216 Å². The number of ether oxygens (including phenoxy) is 1. The quantitative estimate of drug-likeness (QED) is 0.00733. The number of benzene rings is 9. The Morgan fingerprint density at radius 3 is 2.07 bits per heavy atom. The maximum atomic E-state index is 12.7. The number of halogens is 1. The number of nitro groups is 1. The van der Waals surface area contributed by atoms with Gasteiger partial charge in [0.15, 0.2) is 16.3 Å². The number of aromatic amines is 2. The van der Waals surface area contributed by atoms with Gasteiger partial charge in [0.2, 0.25) is 14.7 Å². The first kappa shape index (κ1) is 72.4. The SMILES string of the molecule is COc1ccc2nc3cc(Cl)ccc3c(Nc3ccc(O)c(CN4CCN(C)CC4)c3)c2c1.O=C(O)c1ccc(C(=O)O)c(C(=O)Nc2ccc3c(c2)Cc2ccccc2-3)c1.O=P(O)(CCP(=O)(O)c1ccccc1)c1ccccc1.O=c1[nH]c(SCc2cccc([N+](=O)[O-])c2)nc2nc[nH]c12. The van der Waals surface area contributed by atoms with Crippen LogP contribution in [0.4, 0.5) is 22.7 Å². The monoisotopic (exact) mass is 1450 g/mol. The van der Waals surface area contributed by atoms with E-state index in [1.54, 1.807) is 92.0 Å². The molecule has 28 heteroatoms. The molecule has 1 aliphatic carbocycles. The molecule has 1 saturated heterocycles. The van der Waals surface area contributed by atoms with Crippen molar-refractivity contribution in [2.45, 2.75) is 23.9 Å². The van der Waals surface area contributed by atoms with Crippen LogP contribution in [0.5, 0.6) is 11.5 Å². The molecule has 1 aliphatic heterocycles. The van der Waals surface area contributed by atoms with Crippen molar-refractivity contribution in [3.05, 3.63) is 271 Å². The molecule has 9 aromatic carbocycles. The van der Waals surface area contributed by atoms with E-state index in [-0.39, 0.29) is 40.3 Å². The van der Waals surface area contributed by atoms with Crippen LogP contribution in [0.2, 0.25) is 5.02 Å². The summed E-state index contributed by atoms with van der Waals surface area (Å²) in [6, 6.07) is 57.0. The largest absolute Gasteiger partial charge is 0.508 e. The molecule has 0 saturated carbocycles. The van der Waals surface area contributed by atoms with Crippen LogP contribution < -0.4 is 31.5 Å². The highest BCUT2D eigenvalue weighted by molar-refractivity contribution is 7.98. The highest BCUT2D eigenvalue weighted by atomic mass is 35.5. The van der Waals surface area contributed by atoms with E-state index in [4.69, 9.17) is 26.4 Å². The van der Waals surface area contributed by atoms with E-state index < -0.39 is 37.5 Å². The summed E-state index contributed by atoms with van der Waals surface area (Å²) < 4.78 is 29.9. The Labute approximate surface area is 592 Å². The molecule has 0 bridgehead atoms. The van der Waals surface area contributed by atoms with Gasteiger partial charge in [0.1, 0.15) is 11.5 Å². The number of piperazine rings is 1. The minimum atomic E-state index is -3.59. The number of carbonyl (C=O) groups excluding carboxylic acids is 1. The standard InChI is InChI=1S/C26H27ClN4O2.C22H15NO5.C14H16O4P2.C12H9N5O3S/c1-30-9-11-31(12-10-30)16-17-13-19(4-8-25(17)32)28-26-21-6-3-18(27)14-24(21)29-23-7-5-20(33-2)15-22(23)26;24-20(19-11-13(21(25)26)5-7-18(19)22(27)28)23-15-6-8-17-14(10-15)9-12-3-1-2-4-16(12)17;15-19(16,13-7-3-1-4-8-13)11-12-20(17,18)14-9-5-2-6-10-14;18-11-9-10(14-6-13-9)15-12(16-11)21-5-7-2-1-3-8(4-7)17(19)20/h3-8,13-15,32H,9-12,16H2,1-2H3,(H,28,29);1-8,10-11H,9H2,(H,23,24)(H,25,26)(H,27,28);1-10H,11-12H2,(H,15,16)(H,17,18);1-4,6H,5H2,(H2,13,14,15,16,18). The van der Waals surface area contributed by atoms with Gasteiger partial charge in [0, 0.05) is 106 Å². The number of hydrogen-bond donors (Lipinski definition) is 9. The van der Waals surface area contributed by atoms with E-state index >= 15 is 0 Å². The van der Waals surface area contributed by atoms with Crippen molar-refractivity contribution in [2.24, 2.45) is 0 Å². The summed E-state index contributed by atoms with van der Waals surface area (Å²) in [5, 5.41) is 49.6. The molecule has 14 rings (SSSR count). The summed E-state index contributed by atoms with van der Waals surface area (Å²) in [7, 11) is -3.38. The molecule has 3 aromatic heterocycles. The van der Waals surface area contributed by atoms with Crippen molar-refractivity contribution in [3.8, 4) is 22.6 Å². The van der Waals surface area contributed by atoms with Crippen molar-refractivity contribution >= 4 is 122 Å². The number of thioether (sulfide) groups is 1. The molecule has 1 fully saturated rings. The molecule has 102 heavy (non-hydrogen) atoms. The third kappa shape index (κ3) is 17.8. The summed E-state index contributed by atoms with van der Waals surface area (Å²) in [6.45, 7) is 4.79. The average Bonchev–Trinajstić information content (AvgIpc) is 0.918. The third-order valence-electron chi connectivity index (χ3n) is 16.9. The number of methoxy groups -OCH3 is 1. The molecular weight excluding hydrogens is 1380 g/mol. The number of phenolic OH excluding ortho intramolecular Hbond substituents is 1. The van der Waals surface area contributed by atoms with Crippen LogP contribution in [0.1, 0.15) is 53.3 Å². The molecule has 520 valence electrons. The lowest BCUT2D eigenvalue weighted by Crippen LogP contribution is -2.43. The molecule has 24 nitrogen and oxygen atoms in total. The fraction of sp³-hybridized carbons (Fsp3) is 0.149. The molecule has 2 aliphatic rings. The second kappa shape index (κ2) is 32.2. The van der Waals surface area contributed by atoms with E-state index in [0.29, 0.717) is 49.1 Å². The number of anilines is 3. The average molecular weight is 1450 g/mol. The smallest absolute Gasteiger partial charge is 0.336 e. The maximum Gasteiger partial charge on any atom is 0.336 e. The Bertz CT molecular complexity index is 5240. The lowest BCUT2D eigenvalue weighted by Gasteiger charge is -2.32. The number of aromatic nitrogens is 5. The van der Waals surface area contributed by atoms with Gasteiger partial charge in [0.05, 0.1) is 51.8 Å². The topological polar surface area (TPSA) is 357 Å². The molecular formula is C74H67ClN10O14P2S. The first-order chi connectivity index (χ1) is 49.0. The van der Waals surface area contributed by atoms with Gasteiger partial charge in [0.25, 0.3) is 17.2 Å². The number of H-pyrrole nitrogens is 2. The number of carboxylic acids is 2. The number of rotatable bonds is 18. The van der Waals surface area contributed by atoms with Crippen LogP contribution >= 0.6 is 38.1 Å². The van der Waals surface area contributed by atoms with Gasteiger partial charge in [-0.2, -0.15) is 0 Å². The van der Waals surface area contributed by atoms with Crippen LogP contribution in [0.25, 0.3) is 44.1 Å². The molecule has 0 spiro atoms. The fourth-order valence-corrected chi connectivity index (χ4v) is 16.4. The number of fused-ring (bicyclic) bond motifs is 6. The molecule has 4 heterocycles. The molecule has 9 N–H and O–H groups in total. The van der Waals surface area contributed by atoms with Gasteiger partial charge < -0.3 is 50.4 Å². The minimum absolute atomic E-state index is 0.0392. The zero-order chi connectivity index (χ0) is 72.2. The Kier molecular flexibility index (Phi) is 22.9. The Morgan fingerprint density at radius 1 is 0.696 bits per heavy atom. The highest BCUT2D eigenvalue weighted by Crippen LogP contribution is 2.47. The van der Waals surface area contributed by atoms with Crippen molar-refractivity contribution in [1.29, 1.82) is 0 Å². The number of nitrogens with zero attached hydrogens (tertiary/aromatic N) is 6. The van der Waals surface area contributed by atoms with Gasteiger partial charge in [-0.3, -0.25) is 38.7 Å². The van der Waals surface area contributed by atoms with Crippen LogP contribution in [0.3, 0.4) is 0 Å². The number of carbonyl (C=O) groups is 3. The summed E-state index contributed by atoms with van der Waals surface area (Å²) in [6.07, 6.45) is 1.74. The minimum Gasteiger partial charge on any atom is -0.508 e. The first-order valence-electron chi connectivity index (χ1n) is 31.7. The molecule has 2 unspecified atom stereocenters. The van der Waals surface area contributed by atoms with E-state index in [1.807, 2.05) is 72.8 Å². The van der Waals surface area contributed by atoms with Crippen LogP contribution in [-0.2, 0) is 27.8 Å². The van der Waals surface area contributed by atoms with Crippen molar-refractivity contribution in [2.75, 3.05) is 63.3 Å². The number of pyridine rings is 1. The second-order valence-electron chi connectivity index (χ2n) is 23.8. The summed E-state index contributed by atoms with van der Waals surface area (Å²) in [5.74, 6) is -1.66. The van der Waals surface area contributed by atoms with E-state index in [2.05, 4.69) is 59.5 Å². The molecule has 12 aromatic rings. The van der Waals surface area contributed by atoms with Gasteiger partial charge in [-0.05, 0) is 150 Å². The van der Waals surface area contributed by atoms with Crippen molar-refractivity contribution < 1.29 is 58.3 Å². The number of likely N-dealkylation sites (N-methyl/N-ethyl adjacent to an activating group) is 1. The molecule has 0 radical (unpaired) electrons.